The summed E-state index contributed by atoms with van der Waals surface area (Å²) in [7, 11) is 0. The van der Waals surface area contributed by atoms with Gasteiger partial charge in [0.15, 0.2) is 0 Å². The van der Waals surface area contributed by atoms with E-state index in [4.69, 9.17) is 0 Å². The number of hydrogen-bond acceptors (Lipinski definition) is 6. The second-order valence-corrected chi connectivity index (χ2v) is 7.80. The predicted octanol–water partition coefficient (Wildman–Crippen LogP) is 6.24. The van der Waals surface area contributed by atoms with E-state index in [1.165, 1.54) is 0 Å². The van der Waals surface area contributed by atoms with Crippen LogP contribution in [0.4, 0.5) is 28.4 Å². The van der Waals surface area contributed by atoms with E-state index in [1.54, 1.807) is 36.8 Å². The van der Waals surface area contributed by atoms with Crippen LogP contribution in [0.5, 0.6) is 0 Å². The first-order chi connectivity index (χ1) is 17.2. The molecule has 1 amide bonds. The molecule has 0 saturated heterocycles. The molecule has 0 aliphatic carbocycles. The van der Waals surface area contributed by atoms with E-state index in [-0.39, 0.29) is 5.91 Å². The SMILES string of the molecule is N#Cc1ccc2nccc(Nc3cccc(NC(=O)c4cccc(Nc5ccncc5)c4)c3)c2c1. The quantitative estimate of drug-likeness (QED) is 0.279. The molecule has 0 atom stereocenters. The number of nitriles is 1. The first kappa shape index (κ1) is 21.6. The van der Waals surface area contributed by atoms with Gasteiger partial charge >= 0.3 is 0 Å². The van der Waals surface area contributed by atoms with Gasteiger partial charge in [0, 0.05) is 58.0 Å². The van der Waals surface area contributed by atoms with Gasteiger partial charge in [0.25, 0.3) is 5.91 Å². The van der Waals surface area contributed by atoms with Crippen LogP contribution in [0.15, 0.2) is 104 Å². The Morgan fingerprint density at radius 1 is 0.743 bits per heavy atom. The van der Waals surface area contributed by atoms with Crippen molar-refractivity contribution in [2.45, 2.75) is 0 Å². The first-order valence-electron chi connectivity index (χ1n) is 10.9. The van der Waals surface area contributed by atoms with Crippen LogP contribution in [0.25, 0.3) is 10.9 Å². The number of pyridine rings is 2. The highest BCUT2D eigenvalue weighted by atomic mass is 16.1. The zero-order chi connectivity index (χ0) is 24.0. The molecule has 2 aromatic heterocycles. The maximum atomic E-state index is 12.9. The number of rotatable bonds is 6. The lowest BCUT2D eigenvalue weighted by atomic mass is 10.1. The molecule has 0 aliphatic heterocycles. The van der Waals surface area contributed by atoms with Crippen molar-refractivity contribution < 1.29 is 4.79 Å². The molecule has 0 bridgehead atoms. The standard InChI is InChI=1S/C28H20N6O/c29-18-19-7-8-26-25(15-19)27(11-14-31-26)33-23-5-2-6-24(17-23)34-28(35)20-3-1-4-22(16-20)32-21-9-12-30-13-10-21/h1-17H,(H,30,32)(H,31,33)(H,34,35). The van der Waals surface area contributed by atoms with Crippen LogP contribution in [0, 0.1) is 11.3 Å². The Morgan fingerprint density at radius 2 is 1.51 bits per heavy atom. The molecule has 0 fully saturated rings. The van der Waals surface area contributed by atoms with E-state index < -0.39 is 0 Å². The summed E-state index contributed by atoms with van der Waals surface area (Å²) in [6.07, 6.45) is 5.13. The lowest BCUT2D eigenvalue weighted by molar-refractivity contribution is 0.102. The van der Waals surface area contributed by atoms with Crippen LogP contribution >= 0.6 is 0 Å². The third-order valence-electron chi connectivity index (χ3n) is 5.36. The Bertz CT molecular complexity index is 1560. The van der Waals surface area contributed by atoms with Gasteiger partial charge in [-0.05, 0) is 72.8 Å². The minimum Gasteiger partial charge on any atom is -0.355 e. The molecule has 3 N–H and O–H groups in total. The summed E-state index contributed by atoms with van der Waals surface area (Å²) in [6.45, 7) is 0. The third-order valence-corrected chi connectivity index (χ3v) is 5.36. The van der Waals surface area contributed by atoms with Gasteiger partial charge in [0.2, 0.25) is 0 Å². The number of anilines is 5. The van der Waals surface area contributed by atoms with Crippen molar-refractivity contribution in [3.63, 3.8) is 0 Å². The normalized spacial score (nSPS) is 10.4. The van der Waals surface area contributed by atoms with E-state index in [2.05, 4.69) is 32.0 Å². The van der Waals surface area contributed by atoms with Crippen LogP contribution in [-0.4, -0.2) is 15.9 Å². The van der Waals surface area contributed by atoms with Crippen molar-refractivity contribution in [2.75, 3.05) is 16.0 Å². The summed E-state index contributed by atoms with van der Waals surface area (Å²) in [6, 6.07) is 27.9. The lowest BCUT2D eigenvalue weighted by Crippen LogP contribution is -2.12. The van der Waals surface area contributed by atoms with Crippen LogP contribution in [0.1, 0.15) is 15.9 Å². The summed E-state index contributed by atoms with van der Waals surface area (Å²) in [5, 5.41) is 19.7. The van der Waals surface area contributed by atoms with Gasteiger partial charge in [-0.2, -0.15) is 5.26 Å². The number of carbonyl (C=O) groups excluding carboxylic acids is 1. The van der Waals surface area contributed by atoms with Gasteiger partial charge < -0.3 is 16.0 Å². The second-order valence-electron chi connectivity index (χ2n) is 7.80. The summed E-state index contributed by atoms with van der Waals surface area (Å²) < 4.78 is 0. The van der Waals surface area contributed by atoms with Gasteiger partial charge in [-0.3, -0.25) is 14.8 Å². The highest BCUT2D eigenvalue weighted by molar-refractivity contribution is 6.05. The number of nitrogens with one attached hydrogen (secondary N) is 3. The van der Waals surface area contributed by atoms with Crippen LogP contribution in [0.2, 0.25) is 0 Å². The Hall–Kier alpha value is -5.22. The van der Waals surface area contributed by atoms with Crippen molar-refractivity contribution in [1.29, 1.82) is 5.26 Å². The van der Waals surface area contributed by atoms with Crippen molar-refractivity contribution in [1.82, 2.24) is 9.97 Å². The van der Waals surface area contributed by atoms with Crippen molar-refractivity contribution >= 4 is 45.2 Å². The van der Waals surface area contributed by atoms with Gasteiger partial charge in [-0.15, -0.1) is 0 Å². The lowest BCUT2D eigenvalue weighted by Gasteiger charge is -2.12. The van der Waals surface area contributed by atoms with E-state index in [0.29, 0.717) is 16.8 Å². The Labute approximate surface area is 202 Å². The fraction of sp³-hybridized carbons (Fsp3) is 0. The molecular formula is C28H20N6O. The van der Waals surface area contributed by atoms with Gasteiger partial charge in [0.1, 0.15) is 0 Å². The van der Waals surface area contributed by atoms with Crippen molar-refractivity contribution in [3.05, 3.63) is 115 Å². The van der Waals surface area contributed by atoms with Crippen molar-refractivity contribution in [2.24, 2.45) is 0 Å². The highest BCUT2D eigenvalue weighted by Crippen LogP contribution is 2.27. The molecule has 0 unspecified atom stereocenters. The van der Waals surface area contributed by atoms with Crippen LogP contribution < -0.4 is 16.0 Å². The number of carbonyl (C=O) groups is 1. The molecule has 0 spiro atoms. The van der Waals surface area contributed by atoms with Gasteiger partial charge in [-0.25, -0.2) is 0 Å². The predicted molar refractivity (Wildman–Crippen MR) is 138 cm³/mol. The average Bonchev–Trinajstić information content (AvgIpc) is 2.89. The molecule has 5 aromatic rings. The zero-order valence-electron chi connectivity index (χ0n) is 18.6. The minimum atomic E-state index is -0.214. The zero-order valence-corrected chi connectivity index (χ0v) is 18.6. The number of fused-ring (bicyclic) bond motifs is 1. The van der Waals surface area contributed by atoms with E-state index in [0.717, 1.165) is 33.7 Å². The smallest absolute Gasteiger partial charge is 0.255 e. The molecule has 0 aliphatic rings. The van der Waals surface area contributed by atoms with Crippen LogP contribution in [-0.2, 0) is 0 Å². The number of nitrogens with zero attached hydrogens (tertiary/aromatic N) is 3. The van der Waals surface area contributed by atoms with Crippen molar-refractivity contribution in [3.8, 4) is 6.07 Å². The molecule has 3 aromatic carbocycles. The van der Waals surface area contributed by atoms with E-state index in [1.807, 2.05) is 66.7 Å². The summed E-state index contributed by atoms with van der Waals surface area (Å²) in [4.78, 5) is 21.3. The molecule has 7 nitrogen and oxygen atoms in total. The largest absolute Gasteiger partial charge is 0.355 e. The maximum Gasteiger partial charge on any atom is 0.255 e. The van der Waals surface area contributed by atoms with E-state index in [9.17, 15) is 10.1 Å². The Balaban J connectivity index is 1.33. The topological polar surface area (TPSA) is 103 Å². The first-order valence-corrected chi connectivity index (χ1v) is 10.9. The highest BCUT2D eigenvalue weighted by Gasteiger charge is 2.09. The molecule has 5 rings (SSSR count). The monoisotopic (exact) mass is 456 g/mol. The van der Waals surface area contributed by atoms with E-state index >= 15 is 0 Å². The molecule has 2 heterocycles. The summed E-state index contributed by atoms with van der Waals surface area (Å²) in [5.74, 6) is -0.214. The molecular weight excluding hydrogens is 436 g/mol. The number of hydrogen-bond donors (Lipinski definition) is 3. The molecule has 35 heavy (non-hydrogen) atoms. The van der Waals surface area contributed by atoms with Gasteiger partial charge in [0.05, 0.1) is 17.1 Å². The van der Waals surface area contributed by atoms with Gasteiger partial charge in [-0.1, -0.05) is 12.1 Å². The number of aromatic nitrogens is 2. The fourth-order valence-corrected chi connectivity index (χ4v) is 3.70. The summed E-state index contributed by atoms with van der Waals surface area (Å²) in [5.41, 5.74) is 5.86. The second kappa shape index (κ2) is 9.73. The van der Waals surface area contributed by atoms with Crippen LogP contribution in [0.3, 0.4) is 0 Å². The maximum absolute atomic E-state index is 12.9. The number of amides is 1. The minimum absolute atomic E-state index is 0.214. The molecule has 7 heteroatoms. The molecule has 0 radical (unpaired) electrons. The average molecular weight is 457 g/mol. The fourth-order valence-electron chi connectivity index (χ4n) is 3.70. The molecule has 0 saturated carbocycles. The summed E-state index contributed by atoms with van der Waals surface area (Å²) >= 11 is 0. The Morgan fingerprint density at radius 3 is 2.34 bits per heavy atom. The Kier molecular flexibility index (Phi) is 6.01. The molecule has 168 valence electrons. The third kappa shape index (κ3) is 5.07. The number of benzene rings is 3.